The van der Waals surface area contributed by atoms with E-state index in [1.807, 2.05) is 0 Å². The van der Waals surface area contributed by atoms with Gasteiger partial charge in [0.05, 0.1) is 0 Å². The predicted molar refractivity (Wildman–Crippen MR) is 61.8 cm³/mol. The third-order valence-corrected chi connectivity index (χ3v) is 4.15. The lowest BCUT2D eigenvalue weighted by molar-refractivity contribution is -0.130. The molecule has 0 aromatic rings. The van der Waals surface area contributed by atoms with Gasteiger partial charge in [0.15, 0.2) is 0 Å². The van der Waals surface area contributed by atoms with Gasteiger partial charge in [0, 0.05) is 17.9 Å². The zero-order valence-electron chi connectivity index (χ0n) is 9.80. The van der Waals surface area contributed by atoms with Crippen LogP contribution in [-0.4, -0.2) is 18.4 Å². The van der Waals surface area contributed by atoms with E-state index in [1.54, 1.807) is 0 Å². The Bertz CT molecular complexity index is 217. The van der Waals surface area contributed by atoms with Crippen LogP contribution in [0.15, 0.2) is 0 Å². The van der Waals surface area contributed by atoms with E-state index in [0.717, 1.165) is 25.8 Å². The average Bonchev–Trinajstić information content (AvgIpc) is 2.18. The molecular weight excluding hydrogens is 186 g/mol. The van der Waals surface area contributed by atoms with Gasteiger partial charge in [0.25, 0.3) is 0 Å². The highest BCUT2D eigenvalue weighted by Crippen LogP contribution is 2.32. The first-order chi connectivity index (χ1) is 7.33. The number of ketones is 1. The van der Waals surface area contributed by atoms with Crippen molar-refractivity contribution in [1.29, 1.82) is 0 Å². The minimum Gasteiger partial charge on any atom is -0.313 e. The number of Topliss-reactive ketones (excluding diaryl/α,β-unsaturated/α-hetero) is 1. The summed E-state index contributed by atoms with van der Waals surface area (Å²) in [5, 5.41) is 3.53. The second-order valence-corrected chi connectivity index (χ2v) is 5.10. The van der Waals surface area contributed by atoms with Crippen LogP contribution in [0.1, 0.15) is 51.9 Å². The van der Waals surface area contributed by atoms with Crippen LogP contribution < -0.4 is 5.32 Å². The molecule has 2 rings (SSSR count). The fourth-order valence-corrected chi connectivity index (χ4v) is 2.90. The summed E-state index contributed by atoms with van der Waals surface area (Å²) in [6, 6.07) is 0.483. The molecule has 2 heteroatoms. The van der Waals surface area contributed by atoms with Gasteiger partial charge in [-0.3, -0.25) is 4.79 Å². The van der Waals surface area contributed by atoms with Gasteiger partial charge in [-0.1, -0.05) is 19.8 Å². The number of piperidine rings is 1. The molecule has 2 nitrogen and oxygen atoms in total. The van der Waals surface area contributed by atoms with Gasteiger partial charge in [0.2, 0.25) is 0 Å². The molecule has 2 atom stereocenters. The number of carbonyl (C=O) groups is 1. The highest BCUT2D eigenvalue weighted by Gasteiger charge is 2.34. The summed E-state index contributed by atoms with van der Waals surface area (Å²) in [5.41, 5.74) is 0. The zero-order chi connectivity index (χ0) is 10.7. The van der Waals surface area contributed by atoms with Crippen LogP contribution in [0.5, 0.6) is 0 Å². The van der Waals surface area contributed by atoms with Crippen molar-refractivity contribution in [2.75, 3.05) is 6.54 Å². The van der Waals surface area contributed by atoms with Gasteiger partial charge in [-0.2, -0.15) is 0 Å². The van der Waals surface area contributed by atoms with Crippen LogP contribution in [0.3, 0.4) is 0 Å². The standard InChI is InChI=1S/C13H23NO/c1-2-11(12-8-3-4-9-14-12)13(15)10-6-5-7-10/h10-12,14H,2-9H2,1H3. The van der Waals surface area contributed by atoms with Crippen LogP contribution in [0.4, 0.5) is 0 Å². The minimum absolute atomic E-state index is 0.301. The lowest BCUT2D eigenvalue weighted by atomic mass is 9.74. The monoisotopic (exact) mass is 209 g/mol. The van der Waals surface area contributed by atoms with Gasteiger partial charge in [-0.25, -0.2) is 0 Å². The molecule has 1 saturated heterocycles. The molecule has 86 valence electrons. The molecular formula is C13H23NO. The fraction of sp³-hybridized carbons (Fsp3) is 0.923. The van der Waals surface area contributed by atoms with Crippen molar-refractivity contribution in [3.63, 3.8) is 0 Å². The lowest BCUT2D eigenvalue weighted by Gasteiger charge is -2.34. The lowest BCUT2D eigenvalue weighted by Crippen LogP contribution is -2.45. The molecule has 1 aliphatic carbocycles. The minimum atomic E-state index is 0.301. The average molecular weight is 209 g/mol. The first kappa shape index (κ1) is 11.1. The molecule has 1 N–H and O–H groups in total. The molecule has 2 unspecified atom stereocenters. The largest absolute Gasteiger partial charge is 0.313 e. The highest BCUT2D eigenvalue weighted by atomic mass is 16.1. The van der Waals surface area contributed by atoms with Crippen molar-refractivity contribution >= 4 is 5.78 Å². The second kappa shape index (κ2) is 5.11. The molecule has 0 aromatic carbocycles. The van der Waals surface area contributed by atoms with Crippen molar-refractivity contribution in [3.05, 3.63) is 0 Å². The van der Waals surface area contributed by atoms with Crippen molar-refractivity contribution in [1.82, 2.24) is 5.32 Å². The normalized spacial score (nSPS) is 29.5. The summed E-state index contributed by atoms with van der Waals surface area (Å²) in [6.45, 7) is 3.27. The molecule has 1 saturated carbocycles. The topological polar surface area (TPSA) is 29.1 Å². The van der Waals surface area contributed by atoms with Gasteiger partial charge < -0.3 is 5.32 Å². The van der Waals surface area contributed by atoms with Crippen LogP contribution in [-0.2, 0) is 4.79 Å². The Morgan fingerprint density at radius 2 is 2.07 bits per heavy atom. The Hall–Kier alpha value is -0.370. The quantitative estimate of drug-likeness (QED) is 0.771. The molecule has 0 spiro atoms. The van der Waals surface area contributed by atoms with E-state index in [9.17, 15) is 4.79 Å². The first-order valence-electron chi connectivity index (χ1n) is 6.60. The zero-order valence-corrected chi connectivity index (χ0v) is 9.80. The molecule has 0 radical (unpaired) electrons. The Labute approximate surface area is 92.8 Å². The maximum Gasteiger partial charge on any atom is 0.140 e. The molecule has 0 bridgehead atoms. The van der Waals surface area contributed by atoms with Crippen LogP contribution in [0.2, 0.25) is 0 Å². The molecule has 0 amide bonds. The highest BCUT2D eigenvalue weighted by molar-refractivity contribution is 5.84. The second-order valence-electron chi connectivity index (χ2n) is 5.10. The SMILES string of the molecule is CCC(C(=O)C1CCC1)C1CCCCN1. The van der Waals surface area contributed by atoms with Crippen molar-refractivity contribution in [2.24, 2.45) is 11.8 Å². The molecule has 1 heterocycles. The van der Waals surface area contributed by atoms with E-state index < -0.39 is 0 Å². The molecule has 2 aliphatic rings. The Morgan fingerprint density at radius 3 is 2.53 bits per heavy atom. The molecule has 0 aromatic heterocycles. The fourth-order valence-electron chi connectivity index (χ4n) is 2.90. The van der Waals surface area contributed by atoms with Crippen molar-refractivity contribution in [2.45, 2.75) is 57.9 Å². The van der Waals surface area contributed by atoms with E-state index >= 15 is 0 Å². The van der Waals surface area contributed by atoms with E-state index in [2.05, 4.69) is 12.2 Å². The van der Waals surface area contributed by atoms with Crippen LogP contribution in [0, 0.1) is 11.8 Å². The van der Waals surface area contributed by atoms with Crippen LogP contribution in [0.25, 0.3) is 0 Å². The maximum atomic E-state index is 12.2. The van der Waals surface area contributed by atoms with E-state index in [0.29, 0.717) is 23.7 Å². The van der Waals surface area contributed by atoms with E-state index in [1.165, 1.54) is 25.7 Å². The maximum absolute atomic E-state index is 12.2. The van der Waals surface area contributed by atoms with Crippen molar-refractivity contribution < 1.29 is 4.79 Å². The molecule has 1 aliphatic heterocycles. The third kappa shape index (κ3) is 2.41. The Balaban J connectivity index is 1.92. The number of nitrogens with one attached hydrogen (secondary N) is 1. The first-order valence-corrected chi connectivity index (χ1v) is 6.60. The Kier molecular flexibility index (Phi) is 3.79. The summed E-state index contributed by atoms with van der Waals surface area (Å²) in [5.74, 6) is 1.28. The van der Waals surface area contributed by atoms with E-state index in [-0.39, 0.29) is 0 Å². The summed E-state index contributed by atoms with van der Waals surface area (Å²) >= 11 is 0. The summed E-state index contributed by atoms with van der Waals surface area (Å²) in [6.07, 6.45) is 8.38. The summed E-state index contributed by atoms with van der Waals surface area (Å²) in [4.78, 5) is 12.2. The summed E-state index contributed by atoms with van der Waals surface area (Å²) < 4.78 is 0. The van der Waals surface area contributed by atoms with Gasteiger partial charge in [-0.05, 0) is 38.6 Å². The number of hydrogen-bond acceptors (Lipinski definition) is 2. The number of hydrogen-bond donors (Lipinski definition) is 1. The number of rotatable bonds is 4. The van der Waals surface area contributed by atoms with Gasteiger partial charge in [-0.15, -0.1) is 0 Å². The molecule has 2 fully saturated rings. The van der Waals surface area contributed by atoms with Gasteiger partial charge in [0.1, 0.15) is 5.78 Å². The van der Waals surface area contributed by atoms with Crippen LogP contribution >= 0.6 is 0 Å². The van der Waals surface area contributed by atoms with Crippen molar-refractivity contribution in [3.8, 4) is 0 Å². The number of carbonyl (C=O) groups excluding carboxylic acids is 1. The molecule has 15 heavy (non-hydrogen) atoms. The third-order valence-electron chi connectivity index (χ3n) is 4.15. The Morgan fingerprint density at radius 1 is 1.27 bits per heavy atom. The van der Waals surface area contributed by atoms with E-state index in [4.69, 9.17) is 0 Å². The summed E-state index contributed by atoms with van der Waals surface area (Å²) in [7, 11) is 0. The smallest absolute Gasteiger partial charge is 0.140 e. The van der Waals surface area contributed by atoms with Gasteiger partial charge >= 0.3 is 0 Å². The predicted octanol–water partition coefficient (Wildman–Crippen LogP) is 2.52.